The predicted octanol–water partition coefficient (Wildman–Crippen LogP) is 4.49. The smallest absolute Gasteiger partial charge is 0.274 e. The van der Waals surface area contributed by atoms with Crippen molar-refractivity contribution in [3.8, 4) is 0 Å². The number of hydrogen-bond donors (Lipinski definition) is 1. The van der Waals surface area contributed by atoms with Gasteiger partial charge in [-0.25, -0.2) is 0 Å². The van der Waals surface area contributed by atoms with Gasteiger partial charge in [0.1, 0.15) is 0 Å². The number of rotatable bonds is 5. The maximum absolute atomic E-state index is 12.4. The van der Waals surface area contributed by atoms with Crippen LogP contribution in [0, 0.1) is 10.1 Å². The van der Waals surface area contributed by atoms with E-state index in [9.17, 15) is 14.9 Å². The quantitative estimate of drug-likeness (QED) is 0.552. The summed E-state index contributed by atoms with van der Waals surface area (Å²) >= 11 is 0. The van der Waals surface area contributed by atoms with Crippen LogP contribution in [0.3, 0.4) is 0 Å². The number of nitro groups is 1. The molecule has 0 saturated carbocycles. The Morgan fingerprint density at radius 2 is 1.80 bits per heavy atom. The topological polar surface area (TPSA) is 72.2 Å². The first-order valence-corrected chi connectivity index (χ1v) is 8.12. The number of benzene rings is 3. The van der Waals surface area contributed by atoms with Crippen LogP contribution in [0.2, 0.25) is 0 Å². The molecule has 0 atom stereocenters. The summed E-state index contributed by atoms with van der Waals surface area (Å²) in [6.45, 7) is 1.86. The van der Waals surface area contributed by atoms with Gasteiger partial charge in [-0.2, -0.15) is 0 Å². The fourth-order valence-electron chi connectivity index (χ4n) is 2.94. The van der Waals surface area contributed by atoms with Crippen LogP contribution in [-0.2, 0) is 17.6 Å². The van der Waals surface area contributed by atoms with E-state index in [1.54, 1.807) is 12.1 Å². The Morgan fingerprint density at radius 3 is 2.56 bits per heavy atom. The molecule has 3 rings (SSSR count). The van der Waals surface area contributed by atoms with Gasteiger partial charge in [-0.15, -0.1) is 0 Å². The lowest BCUT2D eigenvalue weighted by Gasteiger charge is -2.09. The highest BCUT2D eigenvalue weighted by Gasteiger charge is 2.14. The Kier molecular flexibility index (Phi) is 4.75. The first-order chi connectivity index (χ1) is 12.1. The SMILES string of the molecule is CCc1ccc(NC(=O)Cc2cccc3ccccc23)cc1[N+](=O)[O-]. The van der Waals surface area contributed by atoms with E-state index < -0.39 is 4.92 Å². The minimum Gasteiger partial charge on any atom is -0.326 e. The third kappa shape index (κ3) is 3.66. The number of nitro benzene ring substituents is 1. The fraction of sp³-hybridized carbons (Fsp3) is 0.150. The Morgan fingerprint density at radius 1 is 1.04 bits per heavy atom. The first kappa shape index (κ1) is 16.6. The second-order valence-electron chi connectivity index (χ2n) is 5.82. The van der Waals surface area contributed by atoms with Crippen LogP contribution in [0.5, 0.6) is 0 Å². The largest absolute Gasteiger partial charge is 0.326 e. The third-order valence-corrected chi connectivity index (χ3v) is 4.18. The van der Waals surface area contributed by atoms with Crippen molar-refractivity contribution in [2.24, 2.45) is 0 Å². The summed E-state index contributed by atoms with van der Waals surface area (Å²) in [4.78, 5) is 23.1. The number of nitrogens with one attached hydrogen (secondary N) is 1. The van der Waals surface area contributed by atoms with Gasteiger partial charge in [0, 0.05) is 17.3 Å². The molecule has 5 heteroatoms. The van der Waals surface area contributed by atoms with E-state index in [0.717, 1.165) is 16.3 Å². The van der Waals surface area contributed by atoms with Gasteiger partial charge in [-0.1, -0.05) is 55.5 Å². The highest BCUT2D eigenvalue weighted by molar-refractivity contribution is 5.96. The number of fused-ring (bicyclic) bond motifs is 1. The molecule has 0 aromatic heterocycles. The number of carbonyl (C=O) groups excluding carboxylic acids is 1. The molecule has 3 aromatic carbocycles. The van der Waals surface area contributed by atoms with Gasteiger partial charge in [-0.05, 0) is 28.8 Å². The average molecular weight is 334 g/mol. The molecular weight excluding hydrogens is 316 g/mol. The molecule has 25 heavy (non-hydrogen) atoms. The van der Waals surface area contributed by atoms with Crippen molar-refractivity contribution in [3.05, 3.63) is 81.9 Å². The van der Waals surface area contributed by atoms with Crippen molar-refractivity contribution >= 4 is 28.1 Å². The standard InChI is InChI=1S/C20H18N2O3/c1-2-14-10-11-17(13-19(14)22(24)25)21-20(23)12-16-8-5-7-15-6-3-4-9-18(15)16/h3-11,13H,2,12H2,1H3,(H,21,23). The van der Waals surface area contributed by atoms with Crippen molar-refractivity contribution in [1.29, 1.82) is 0 Å². The molecule has 0 unspecified atom stereocenters. The summed E-state index contributed by atoms with van der Waals surface area (Å²) in [5.74, 6) is -0.199. The van der Waals surface area contributed by atoms with Crippen LogP contribution in [0.25, 0.3) is 10.8 Å². The van der Waals surface area contributed by atoms with E-state index in [2.05, 4.69) is 5.32 Å². The third-order valence-electron chi connectivity index (χ3n) is 4.18. The molecule has 0 spiro atoms. The molecule has 0 aliphatic rings. The van der Waals surface area contributed by atoms with Gasteiger partial charge in [-0.3, -0.25) is 14.9 Å². The Labute approximate surface area is 145 Å². The normalized spacial score (nSPS) is 10.6. The second kappa shape index (κ2) is 7.13. The molecule has 0 saturated heterocycles. The average Bonchev–Trinajstić information content (AvgIpc) is 2.62. The molecule has 0 bridgehead atoms. The minimum absolute atomic E-state index is 0.0328. The van der Waals surface area contributed by atoms with E-state index in [1.165, 1.54) is 6.07 Å². The van der Waals surface area contributed by atoms with Crippen molar-refractivity contribution in [3.63, 3.8) is 0 Å². The minimum atomic E-state index is -0.417. The number of amides is 1. The van der Waals surface area contributed by atoms with Crippen molar-refractivity contribution in [2.45, 2.75) is 19.8 Å². The van der Waals surface area contributed by atoms with Crippen LogP contribution in [0.15, 0.2) is 60.7 Å². The van der Waals surface area contributed by atoms with E-state index in [4.69, 9.17) is 0 Å². The number of anilines is 1. The summed E-state index contributed by atoms with van der Waals surface area (Å²) in [6.07, 6.45) is 0.783. The molecule has 5 nitrogen and oxygen atoms in total. The zero-order chi connectivity index (χ0) is 17.8. The monoisotopic (exact) mass is 334 g/mol. The molecule has 0 heterocycles. The summed E-state index contributed by atoms with van der Waals surface area (Å²) in [5.41, 5.74) is 2.05. The fourth-order valence-corrected chi connectivity index (χ4v) is 2.94. The van der Waals surface area contributed by atoms with Crippen LogP contribution in [-0.4, -0.2) is 10.8 Å². The molecule has 126 valence electrons. The molecular formula is C20H18N2O3. The molecule has 1 N–H and O–H groups in total. The van der Waals surface area contributed by atoms with Crippen molar-refractivity contribution in [2.75, 3.05) is 5.32 Å². The molecule has 1 amide bonds. The maximum atomic E-state index is 12.4. The summed E-state index contributed by atoms with van der Waals surface area (Å²) in [6, 6.07) is 18.5. The van der Waals surface area contributed by atoms with Crippen molar-refractivity contribution in [1.82, 2.24) is 0 Å². The van der Waals surface area contributed by atoms with Gasteiger partial charge < -0.3 is 5.32 Å². The van der Waals surface area contributed by atoms with Gasteiger partial charge in [0.25, 0.3) is 5.69 Å². The van der Waals surface area contributed by atoms with E-state index in [0.29, 0.717) is 17.7 Å². The molecule has 0 radical (unpaired) electrons. The predicted molar refractivity (Wildman–Crippen MR) is 98.8 cm³/mol. The second-order valence-corrected chi connectivity index (χ2v) is 5.82. The zero-order valence-corrected chi connectivity index (χ0v) is 13.9. The number of nitrogens with zero attached hydrogens (tertiary/aromatic N) is 1. The van der Waals surface area contributed by atoms with Crippen molar-refractivity contribution < 1.29 is 9.72 Å². The molecule has 3 aromatic rings. The zero-order valence-electron chi connectivity index (χ0n) is 13.9. The Hall–Kier alpha value is -3.21. The first-order valence-electron chi connectivity index (χ1n) is 8.12. The van der Waals surface area contributed by atoms with Crippen LogP contribution >= 0.6 is 0 Å². The molecule has 0 aliphatic carbocycles. The molecule has 0 aliphatic heterocycles. The summed E-state index contributed by atoms with van der Waals surface area (Å²) < 4.78 is 0. The summed E-state index contributed by atoms with van der Waals surface area (Å²) in [5, 5.41) is 16.0. The van der Waals surface area contributed by atoms with Crippen LogP contribution in [0.4, 0.5) is 11.4 Å². The van der Waals surface area contributed by atoms with E-state index in [1.807, 2.05) is 49.4 Å². The maximum Gasteiger partial charge on any atom is 0.274 e. The highest BCUT2D eigenvalue weighted by atomic mass is 16.6. The van der Waals surface area contributed by atoms with Gasteiger partial charge in [0.2, 0.25) is 5.91 Å². The van der Waals surface area contributed by atoms with Crippen LogP contribution in [0.1, 0.15) is 18.1 Å². The summed E-state index contributed by atoms with van der Waals surface area (Å²) in [7, 11) is 0. The highest BCUT2D eigenvalue weighted by Crippen LogP contribution is 2.24. The van der Waals surface area contributed by atoms with E-state index >= 15 is 0 Å². The number of aryl methyl sites for hydroxylation is 1. The number of carbonyl (C=O) groups is 1. The van der Waals surface area contributed by atoms with Gasteiger partial charge >= 0.3 is 0 Å². The molecule has 0 fully saturated rings. The lowest BCUT2D eigenvalue weighted by Crippen LogP contribution is -2.14. The Balaban J connectivity index is 1.81. The van der Waals surface area contributed by atoms with Gasteiger partial charge in [0.15, 0.2) is 0 Å². The lowest BCUT2D eigenvalue weighted by atomic mass is 10.0. The van der Waals surface area contributed by atoms with E-state index in [-0.39, 0.29) is 18.0 Å². The number of hydrogen-bond acceptors (Lipinski definition) is 3. The lowest BCUT2D eigenvalue weighted by molar-refractivity contribution is -0.385. The van der Waals surface area contributed by atoms with Crippen LogP contribution < -0.4 is 5.32 Å². The van der Waals surface area contributed by atoms with Gasteiger partial charge in [0.05, 0.1) is 11.3 Å². The Bertz CT molecular complexity index is 945.